The van der Waals surface area contributed by atoms with Gasteiger partial charge >= 0.3 is 0 Å². The minimum absolute atomic E-state index is 0.129. The molecule has 7 heterocycles. The number of benzene rings is 10. The molecule has 0 unspecified atom stereocenters. The molecule has 0 saturated carbocycles. The van der Waals surface area contributed by atoms with Crippen molar-refractivity contribution in [1.82, 2.24) is 30.1 Å². The number of aliphatic imine (C=N–C) groups is 1. The topological polar surface area (TPSA) is 117 Å². The summed E-state index contributed by atoms with van der Waals surface area (Å²) in [5, 5.41) is 13.2. The first-order valence-electron chi connectivity index (χ1n) is 48.3. The van der Waals surface area contributed by atoms with E-state index in [-0.39, 0.29) is 48.7 Å². The lowest BCUT2D eigenvalue weighted by molar-refractivity contribution is 0.174. The van der Waals surface area contributed by atoms with Crippen LogP contribution in [0, 0.1) is 0 Å². The second-order valence-corrected chi connectivity index (χ2v) is 46.6. The zero-order valence-electron chi connectivity index (χ0n) is 86.3. The third-order valence-electron chi connectivity index (χ3n) is 25.2. The van der Waals surface area contributed by atoms with Crippen LogP contribution in [0.2, 0.25) is 0 Å². The zero-order chi connectivity index (χ0) is 96.9. The Bertz CT molecular complexity index is 6210. The summed E-state index contributed by atoms with van der Waals surface area (Å²) in [7, 11) is 0. The Kier molecular flexibility index (Phi) is 32.4. The van der Waals surface area contributed by atoms with E-state index in [1.54, 1.807) is 16.7 Å². The Labute approximate surface area is 799 Å². The van der Waals surface area contributed by atoms with Crippen LogP contribution < -0.4 is 9.47 Å². The number of aryl methyl sites for hydroxylation is 1. The van der Waals surface area contributed by atoms with Crippen molar-refractivity contribution in [3.63, 3.8) is 0 Å². The number of allylic oxidation sites excluding steroid dienone is 2. The number of hydrogen-bond acceptors (Lipinski definition) is 6. The van der Waals surface area contributed by atoms with E-state index in [1.165, 1.54) is 142 Å². The van der Waals surface area contributed by atoms with Crippen molar-refractivity contribution in [2.45, 2.75) is 307 Å². The number of hydrogen-bond donors (Lipinski definition) is 3. The monoisotopic (exact) mass is 1770 g/mol. The van der Waals surface area contributed by atoms with Gasteiger partial charge in [-0.15, -0.1) is 0 Å². The van der Waals surface area contributed by atoms with Crippen molar-refractivity contribution in [3.8, 4) is 11.5 Å². The highest BCUT2D eigenvalue weighted by Crippen LogP contribution is 2.39. The predicted molar refractivity (Wildman–Crippen MR) is 575 cm³/mol. The van der Waals surface area contributed by atoms with E-state index >= 15 is 0 Å². The molecule has 0 bridgehead atoms. The molecule has 2 aliphatic heterocycles. The summed E-state index contributed by atoms with van der Waals surface area (Å²) < 4.78 is 10.6. The number of para-hydroxylation sites is 3. The maximum Gasteiger partial charge on any atom is 0.231 e. The number of nitrogens with zero attached hydrogens (tertiary/aromatic N) is 4. The molecule has 0 atom stereocenters. The summed E-state index contributed by atoms with van der Waals surface area (Å²) >= 11 is 0. The van der Waals surface area contributed by atoms with E-state index < -0.39 is 0 Å². The average molecular weight is 1780 g/mol. The van der Waals surface area contributed by atoms with Crippen LogP contribution in [0.15, 0.2) is 266 Å². The lowest BCUT2D eigenvalue weighted by Gasteiger charge is -2.27. The number of rotatable bonds is 0. The van der Waals surface area contributed by atoms with Crippen LogP contribution >= 0.6 is 0 Å². The zero-order valence-corrected chi connectivity index (χ0v) is 86.3. The lowest BCUT2D eigenvalue weighted by atomic mass is 9.78. The Morgan fingerprint density at radius 1 is 0.323 bits per heavy atom. The molecule has 3 aliphatic carbocycles. The molecule has 5 aromatic heterocycles. The molecule has 0 amide bonds. The first-order valence-corrected chi connectivity index (χ1v) is 48.3. The maximum absolute atomic E-state index is 5.31. The Balaban J connectivity index is 0.000000142. The second-order valence-electron chi connectivity index (χ2n) is 46.6. The Morgan fingerprint density at radius 3 is 1.38 bits per heavy atom. The second kappa shape index (κ2) is 42.3. The van der Waals surface area contributed by atoms with Gasteiger partial charge < -0.3 is 19.4 Å². The molecule has 698 valence electrons. The van der Waals surface area contributed by atoms with E-state index in [0.717, 1.165) is 53.1 Å². The highest BCUT2D eigenvalue weighted by Gasteiger charge is 2.26. The van der Waals surface area contributed by atoms with Gasteiger partial charge in [0.2, 0.25) is 6.79 Å². The van der Waals surface area contributed by atoms with Crippen LogP contribution in [-0.2, 0) is 86.4 Å². The quantitative estimate of drug-likeness (QED) is 0.140. The van der Waals surface area contributed by atoms with Gasteiger partial charge in [0, 0.05) is 63.1 Å². The molecule has 10 aromatic carbocycles. The molecular weight excluding hydrogens is 1620 g/mol. The summed E-state index contributed by atoms with van der Waals surface area (Å²) in [5.41, 5.74) is 33.3. The molecule has 0 spiro atoms. The largest absolute Gasteiger partial charge is 0.454 e. The molecule has 9 heteroatoms. The molecule has 133 heavy (non-hydrogen) atoms. The molecule has 15 aromatic rings. The summed E-state index contributed by atoms with van der Waals surface area (Å²) in [5.74, 6) is 1.72. The average Bonchev–Trinajstić information content (AvgIpc) is 1.67. The Hall–Kier alpha value is -11.7. The molecule has 9 nitrogen and oxygen atoms in total. The number of nitrogens with one attached hydrogen (secondary N) is 3. The van der Waals surface area contributed by atoms with Gasteiger partial charge in [-0.1, -0.05) is 396 Å². The highest BCUT2D eigenvalue weighted by molar-refractivity contribution is 5.86. The number of H-pyrrole nitrogens is 3. The molecule has 0 saturated heterocycles. The number of fused-ring (bicyclic) bond motifs is 10. The molecular formula is C124H155N7O2. The van der Waals surface area contributed by atoms with Gasteiger partial charge in [-0.05, 0) is 253 Å². The fourth-order valence-electron chi connectivity index (χ4n) is 16.7. The van der Waals surface area contributed by atoms with Gasteiger partial charge in [-0.25, -0.2) is 0 Å². The van der Waals surface area contributed by atoms with Crippen LogP contribution in [0.4, 0.5) is 0 Å². The van der Waals surface area contributed by atoms with Gasteiger partial charge in [0.25, 0.3) is 0 Å². The van der Waals surface area contributed by atoms with Crippen molar-refractivity contribution in [2.24, 2.45) is 4.99 Å². The van der Waals surface area contributed by atoms with E-state index in [1.807, 2.05) is 55.3 Å². The number of aromatic nitrogens is 6. The van der Waals surface area contributed by atoms with Crippen LogP contribution in [0.5, 0.6) is 11.5 Å². The minimum Gasteiger partial charge on any atom is -0.454 e. The van der Waals surface area contributed by atoms with Gasteiger partial charge in [-0.2, -0.15) is 5.10 Å². The van der Waals surface area contributed by atoms with E-state index in [0.29, 0.717) is 12.2 Å². The maximum atomic E-state index is 5.31. The van der Waals surface area contributed by atoms with Crippen LogP contribution in [0.25, 0.3) is 66.7 Å². The molecule has 0 fully saturated rings. The predicted octanol–water partition coefficient (Wildman–Crippen LogP) is 33.5. The van der Waals surface area contributed by atoms with Crippen LogP contribution in [0.1, 0.15) is 321 Å². The van der Waals surface area contributed by atoms with Crippen molar-refractivity contribution >= 4 is 72.9 Å². The highest BCUT2D eigenvalue weighted by atomic mass is 16.7. The van der Waals surface area contributed by atoms with Gasteiger partial charge in [0.05, 0.1) is 29.3 Å². The van der Waals surface area contributed by atoms with E-state index in [9.17, 15) is 0 Å². The summed E-state index contributed by atoms with van der Waals surface area (Å²) in [6.45, 7) is 68.2. The summed E-state index contributed by atoms with van der Waals surface area (Å²) in [4.78, 5) is 19.9. The molecule has 3 N–H and O–H groups in total. The normalized spacial score (nSPS) is 13.6. The minimum atomic E-state index is 0.129. The van der Waals surface area contributed by atoms with E-state index in [4.69, 9.17) is 9.47 Å². The van der Waals surface area contributed by atoms with E-state index in [2.05, 4.69) is 467 Å². The molecule has 0 radical (unpaired) electrons. The van der Waals surface area contributed by atoms with Crippen LogP contribution in [-0.4, -0.2) is 43.1 Å². The van der Waals surface area contributed by atoms with Crippen molar-refractivity contribution in [1.29, 1.82) is 0 Å². The molecule has 5 aliphatic rings. The van der Waals surface area contributed by atoms with Gasteiger partial charge in [0.1, 0.15) is 0 Å². The number of aromatic amines is 3. The van der Waals surface area contributed by atoms with Crippen molar-refractivity contribution in [3.05, 3.63) is 362 Å². The van der Waals surface area contributed by atoms with Crippen molar-refractivity contribution < 1.29 is 9.47 Å². The number of pyridine rings is 2. The fourth-order valence-corrected chi connectivity index (χ4v) is 16.7. The SMILES string of the molecule is CC(C)(C)c1ccc2c(c1)C=CC2.CC(C)(C)c1ccc2c(c1)C=CC2.CC(C)(C)c1ccc2c(c1)C=NC2.CC(C)(C)c1ccc2c(c1)OCO2.CC(C)(C)c1ccc2cc[nH]c2c1.CC(C)(C)c1ccc2ccccc2n1.CC(C)(C)c1ccc2cn[nH]c2c1.CC(C)(C)c1cccc2c1CCCC2.CC(C)(C)c1cccc2cc[nH]c12.CC(C)(C)c1cccc2cccnc12. The third-order valence-corrected chi connectivity index (χ3v) is 25.2. The number of ether oxygens (including phenoxy) is 2. The van der Waals surface area contributed by atoms with Gasteiger partial charge in [0.15, 0.2) is 11.5 Å². The first kappa shape index (κ1) is 102. The standard InChI is InChI=1S/C14H20.2C13H15N.2C13H16.3C12H15N.C11H14N2.C11H14O2/c1-14(2,3)13-10-6-8-11-7-4-5-9-12(11)13;1-13(2,3)11-8-4-6-10-7-5-9-14-12(10)11;1-13(2,3)12-9-8-10-6-4-5-7-11(10)14-12;2*1-13(2,3)12-8-7-10-5-4-6-11(10)9-12;1-12(2,3)11-5-4-9-7-13-8-10(9)6-11;1-12(2,3)10-5-4-9-6-7-13-11(9)8-10;1-12(2,3)10-6-4-5-9-7-8-13-11(9)10;1-11(2,3)9-5-4-8-7-12-13-10(8)6-9;1-11(2,3)8-4-5-9-10(6-8)13-7-12-9/h6,8,10H,4-5,7,9H2,1-3H3;2*4-9H,1-3H3;2*4,6-9H,5H2,1-3H3;4-6,8H,7H2,1-3H3;2*4-8,13H,1-3H3;4-7H,1-3H3,(H,12,13);4-6H,7H2,1-3H3. The third kappa shape index (κ3) is 28.2. The summed E-state index contributed by atoms with van der Waals surface area (Å²) in [6.07, 6.45) is 26.1. The summed E-state index contributed by atoms with van der Waals surface area (Å²) in [6, 6.07) is 80.0. The Morgan fingerprint density at radius 2 is 0.789 bits per heavy atom. The lowest BCUT2D eigenvalue weighted by Crippen LogP contribution is -2.17. The fraction of sp³-hybridized carbons (Fsp3) is 0.387. The first-order chi connectivity index (χ1) is 62.3. The van der Waals surface area contributed by atoms with Crippen LogP contribution in [0.3, 0.4) is 0 Å². The smallest absolute Gasteiger partial charge is 0.231 e. The molecule has 20 rings (SSSR count). The van der Waals surface area contributed by atoms with Crippen molar-refractivity contribution in [2.75, 3.05) is 6.79 Å². The van der Waals surface area contributed by atoms with Gasteiger partial charge in [-0.3, -0.25) is 20.1 Å².